The Morgan fingerprint density at radius 3 is 2.71 bits per heavy atom. The average Bonchev–Trinajstić information content (AvgIpc) is 2.83. The van der Waals surface area contributed by atoms with Crippen molar-refractivity contribution in [1.82, 2.24) is 10.1 Å². The summed E-state index contributed by atoms with van der Waals surface area (Å²) in [5.74, 6) is 0.231. The Bertz CT molecular complexity index is 654. The molecule has 21 heavy (non-hydrogen) atoms. The minimum Gasteiger partial charge on any atom is -0.481 e. The zero-order valence-electron chi connectivity index (χ0n) is 11.8. The quantitative estimate of drug-likeness (QED) is 0.855. The zero-order valence-corrected chi connectivity index (χ0v) is 12.6. The molecule has 2 unspecified atom stereocenters. The number of carboxylic acids is 1. The second-order valence-electron chi connectivity index (χ2n) is 5.77. The lowest BCUT2D eigenvalue weighted by Gasteiger charge is -1.97. The van der Waals surface area contributed by atoms with Gasteiger partial charge in [0, 0.05) is 4.90 Å². The zero-order chi connectivity index (χ0) is 15.0. The number of aliphatic carboxylic acids is 1. The van der Waals surface area contributed by atoms with E-state index in [9.17, 15) is 9.90 Å². The molecule has 110 valence electrons. The average molecular weight is 304 g/mol. The first kappa shape index (κ1) is 14.1. The van der Waals surface area contributed by atoms with Crippen molar-refractivity contribution in [2.24, 2.45) is 11.3 Å². The summed E-state index contributed by atoms with van der Waals surface area (Å²) in [6, 6.07) is 9.98. The first-order chi connectivity index (χ1) is 10.00. The van der Waals surface area contributed by atoms with Gasteiger partial charge in [-0.15, -0.1) is 11.8 Å². The van der Waals surface area contributed by atoms with E-state index < -0.39 is 11.9 Å². The summed E-state index contributed by atoms with van der Waals surface area (Å²) >= 11 is 1.62. The second-order valence-corrected chi connectivity index (χ2v) is 6.81. The van der Waals surface area contributed by atoms with Crippen LogP contribution in [0.1, 0.15) is 31.5 Å². The molecule has 1 fully saturated rings. The number of hydrogen-bond acceptors (Lipinski definition) is 5. The lowest BCUT2D eigenvalue weighted by Crippen LogP contribution is -2.03. The van der Waals surface area contributed by atoms with Crippen LogP contribution in [0.5, 0.6) is 0 Å². The Morgan fingerprint density at radius 2 is 2.10 bits per heavy atom. The van der Waals surface area contributed by atoms with Crippen molar-refractivity contribution in [3.05, 3.63) is 42.0 Å². The number of aromatic nitrogens is 2. The van der Waals surface area contributed by atoms with Gasteiger partial charge >= 0.3 is 5.97 Å². The van der Waals surface area contributed by atoms with E-state index in [4.69, 9.17) is 4.52 Å². The van der Waals surface area contributed by atoms with Crippen molar-refractivity contribution >= 4 is 17.7 Å². The van der Waals surface area contributed by atoms with E-state index in [1.807, 2.05) is 44.2 Å². The standard InChI is InChI=1S/C15H16N2O3S/c1-15(2)11(12(15)14(18)19)13-16-10(17-20-13)8-21-9-6-4-3-5-7-9/h3-7,11-12H,8H2,1-2H3,(H,18,19). The molecule has 1 aromatic carbocycles. The van der Waals surface area contributed by atoms with Crippen molar-refractivity contribution < 1.29 is 14.4 Å². The van der Waals surface area contributed by atoms with Gasteiger partial charge in [0.2, 0.25) is 5.89 Å². The third kappa shape index (κ3) is 2.68. The largest absolute Gasteiger partial charge is 0.481 e. The fourth-order valence-corrected chi connectivity index (χ4v) is 3.44. The Labute approximate surface area is 126 Å². The molecule has 0 radical (unpaired) electrons. The van der Waals surface area contributed by atoms with Crippen LogP contribution in [0, 0.1) is 11.3 Å². The van der Waals surface area contributed by atoms with Crippen LogP contribution in [0.4, 0.5) is 0 Å². The molecular formula is C15H16N2O3S. The maximum atomic E-state index is 11.2. The fourth-order valence-electron chi connectivity index (χ4n) is 2.68. The summed E-state index contributed by atoms with van der Waals surface area (Å²) in [6.07, 6.45) is 0. The van der Waals surface area contributed by atoms with Gasteiger partial charge in [0.1, 0.15) is 0 Å². The molecule has 2 atom stereocenters. The van der Waals surface area contributed by atoms with Crippen molar-refractivity contribution in [2.45, 2.75) is 30.4 Å². The first-order valence-electron chi connectivity index (χ1n) is 6.73. The highest BCUT2D eigenvalue weighted by Crippen LogP contribution is 2.64. The summed E-state index contributed by atoms with van der Waals surface area (Å²) in [5, 5.41) is 13.1. The van der Waals surface area contributed by atoms with E-state index in [2.05, 4.69) is 10.1 Å². The monoisotopic (exact) mass is 304 g/mol. The SMILES string of the molecule is CC1(C)C(C(=O)O)C1c1nc(CSc2ccccc2)no1. The molecule has 1 saturated carbocycles. The van der Waals surface area contributed by atoms with Crippen LogP contribution in [0.2, 0.25) is 0 Å². The lowest BCUT2D eigenvalue weighted by atomic mass is 10.1. The highest BCUT2D eigenvalue weighted by Gasteiger charge is 2.65. The molecule has 1 aliphatic rings. The number of carbonyl (C=O) groups is 1. The molecule has 1 aromatic heterocycles. The van der Waals surface area contributed by atoms with E-state index in [0.717, 1.165) is 4.90 Å². The van der Waals surface area contributed by atoms with Gasteiger partial charge in [-0.1, -0.05) is 37.2 Å². The molecule has 0 saturated heterocycles. The third-order valence-corrected chi connectivity index (χ3v) is 4.96. The van der Waals surface area contributed by atoms with Gasteiger partial charge in [-0.2, -0.15) is 4.98 Å². The molecule has 0 bridgehead atoms. The van der Waals surface area contributed by atoms with Gasteiger partial charge in [0.05, 0.1) is 17.6 Å². The summed E-state index contributed by atoms with van der Waals surface area (Å²) < 4.78 is 5.26. The Hall–Kier alpha value is -1.82. The topological polar surface area (TPSA) is 76.2 Å². The molecule has 0 spiro atoms. The summed E-state index contributed by atoms with van der Waals surface area (Å²) in [6.45, 7) is 3.83. The van der Waals surface area contributed by atoms with Crippen molar-refractivity contribution in [1.29, 1.82) is 0 Å². The number of benzene rings is 1. The van der Waals surface area contributed by atoms with Crippen LogP contribution < -0.4 is 0 Å². The summed E-state index contributed by atoms with van der Waals surface area (Å²) in [7, 11) is 0. The molecule has 0 amide bonds. The number of nitrogens with zero attached hydrogens (tertiary/aromatic N) is 2. The molecule has 2 aromatic rings. The second kappa shape index (κ2) is 5.18. The minimum atomic E-state index is -0.802. The van der Waals surface area contributed by atoms with Crippen LogP contribution in [0.3, 0.4) is 0 Å². The van der Waals surface area contributed by atoms with Crippen molar-refractivity contribution in [2.75, 3.05) is 0 Å². The summed E-state index contributed by atoms with van der Waals surface area (Å²) in [4.78, 5) is 16.7. The van der Waals surface area contributed by atoms with Crippen LogP contribution in [0.15, 0.2) is 39.8 Å². The molecular weight excluding hydrogens is 288 g/mol. The molecule has 6 heteroatoms. The highest BCUT2D eigenvalue weighted by atomic mass is 32.2. The highest BCUT2D eigenvalue weighted by molar-refractivity contribution is 7.98. The van der Waals surface area contributed by atoms with E-state index in [1.165, 1.54) is 0 Å². The minimum absolute atomic E-state index is 0.182. The fraction of sp³-hybridized carbons (Fsp3) is 0.400. The van der Waals surface area contributed by atoms with Crippen molar-refractivity contribution in [3.8, 4) is 0 Å². The Kier molecular flexibility index (Phi) is 3.49. The van der Waals surface area contributed by atoms with E-state index >= 15 is 0 Å². The third-order valence-electron chi connectivity index (χ3n) is 3.95. The number of thioether (sulfide) groups is 1. The van der Waals surface area contributed by atoms with E-state index in [0.29, 0.717) is 17.5 Å². The van der Waals surface area contributed by atoms with Crippen LogP contribution in [-0.4, -0.2) is 21.2 Å². The Balaban J connectivity index is 1.66. The van der Waals surface area contributed by atoms with Crippen LogP contribution >= 0.6 is 11.8 Å². The molecule has 1 aliphatic carbocycles. The maximum Gasteiger partial charge on any atom is 0.307 e. The number of rotatable bonds is 5. The van der Waals surface area contributed by atoms with Crippen molar-refractivity contribution in [3.63, 3.8) is 0 Å². The van der Waals surface area contributed by atoms with E-state index in [-0.39, 0.29) is 11.3 Å². The predicted octanol–water partition coefficient (Wildman–Crippen LogP) is 3.19. The van der Waals surface area contributed by atoms with Crippen LogP contribution in [0.25, 0.3) is 0 Å². The van der Waals surface area contributed by atoms with Gasteiger partial charge in [0.15, 0.2) is 5.82 Å². The van der Waals surface area contributed by atoms with Gasteiger partial charge in [0.25, 0.3) is 0 Å². The summed E-state index contributed by atoms with van der Waals surface area (Å²) in [5.41, 5.74) is -0.317. The first-order valence-corrected chi connectivity index (χ1v) is 7.72. The van der Waals surface area contributed by atoms with E-state index in [1.54, 1.807) is 11.8 Å². The van der Waals surface area contributed by atoms with Crippen LogP contribution in [-0.2, 0) is 10.5 Å². The van der Waals surface area contributed by atoms with Gasteiger partial charge in [-0.3, -0.25) is 4.79 Å². The van der Waals surface area contributed by atoms with Gasteiger partial charge < -0.3 is 9.63 Å². The predicted molar refractivity (Wildman–Crippen MR) is 77.9 cm³/mol. The molecule has 3 rings (SSSR count). The molecule has 5 nitrogen and oxygen atoms in total. The Morgan fingerprint density at radius 1 is 1.38 bits per heavy atom. The lowest BCUT2D eigenvalue weighted by molar-refractivity contribution is -0.139. The van der Waals surface area contributed by atoms with Gasteiger partial charge in [-0.05, 0) is 17.5 Å². The molecule has 1 heterocycles. The molecule has 1 N–H and O–H groups in total. The van der Waals surface area contributed by atoms with Gasteiger partial charge in [-0.25, -0.2) is 0 Å². The normalized spacial score (nSPS) is 23.0. The number of hydrogen-bond donors (Lipinski definition) is 1. The maximum absolute atomic E-state index is 11.2. The smallest absolute Gasteiger partial charge is 0.307 e. The number of carboxylic acid groups (broad SMARTS) is 1. The molecule has 0 aliphatic heterocycles.